The third-order valence-electron chi connectivity index (χ3n) is 1.96. The van der Waals surface area contributed by atoms with Crippen LogP contribution < -0.4 is 5.32 Å². The molecule has 0 unspecified atom stereocenters. The van der Waals surface area contributed by atoms with Gasteiger partial charge in [-0.2, -0.15) is 0 Å². The second-order valence-electron chi connectivity index (χ2n) is 3.06. The number of nitrogens with one attached hydrogen (secondary N) is 1. The molecule has 0 radical (unpaired) electrons. The summed E-state index contributed by atoms with van der Waals surface area (Å²) < 4.78 is 11.0. The minimum Gasteiger partial charge on any atom is -0.410 e. The third kappa shape index (κ3) is 4.09. The van der Waals surface area contributed by atoms with Gasteiger partial charge in [0.05, 0.1) is 0 Å². The summed E-state index contributed by atoms with van der Waals surface area (Å²) in [4.78, 5) is 0. The van der Waals surface area contributed by atoms with Crippen molar-refractivity contribution < 1.29 is 9.31 Å². The molecule has 1 saturated heterocycles. The van der Waals surface area contributed by atoms with Crippen LogP contribution in [0.3, 0.4) is 0 Å². The zero-order chi connectivity index (χ0) is 8.65. The first-order chi connectivity index (χ1) is 5.93. The molecule has 4 heteroatoms. The Labute approximate surface area is 75.0 Å². The molecule has 0 saturated carbocycles. The third-order valence-corrected chi connectivity index (χ3v) is 1.96. The lowest BCUT2D eigenvalue weighted by atomic mass is 9.82. The van der Waals surface area contributed by atoms with Crippen LogP contribution in [0.25, 0.3) is 0 Å². The van der Waals surface area contributed by atoms with E-state index in [9.17, 15) is 0 Å². The minimum absolute atomic E-state index is 0.0482. The van der Waals surface area contributed by atoms with Gasteiger partial charge in [0.15, 0.2) is 0 Å². The highest BCUT2D eigenvalue weighted by Crippen LogP contribution is 2.04. The van der Waals surface area contributed by atoms with Crippen LogP contribution in [0.4, 0.5) is 0 Å². The molecule has 1 rings (SSSR count). The Hall–Kier alpha value is -0.0551. The number of rotatable bonds is 3. The van der Waals surface area contributed by atoms with Crippen LogP contribution in [0.1, 0.15) is 19.8 Å². The molecule has 1 aliphatic rings. The van der Waals surface area contributed by atoms with Crippen LogP contribution >= 0.6 is 0 Å². The summed E-state index contributed by atoms with van der Waals surface area (Å²) in [5.74, 6) is 0. The Bertz CT molecular complexity index is 102. The maximum atomic E-state index is 5.50. The molecule has 3 nitrogen and oxygen atoms in total. The first-order valence-electron chi connectivity index (χ1n) is 4.87. The predicted octanol–water partition coefficient (Wildman–Crippen LogP) is 0.911. The lowest BCUT2D eigenvalue weighted by molar-refractivity contribution is 0.177. The van der Waals surface area contributed by atoms with Crippen LogP contribution in [-0.2, 0) is 9.31 Å². The van der Waals surface area contributed by atoms with Crippen molar-refractivity contribution in [2.75, 3.05) is 26.3 Å². The Morgan fingerprint density at radius 3 is 2.50 bits per heavy atom. The van der Waals surface area contributed by atoms with Crippen molar-refractivity contribution in [1.82, 2.24) is 5.32 Å². The molecular weight excluding hydrogens is 153 g/mol. The molecule has 0 aromatic carbocycles. The lowest BCUT2D eigenvalue weighted by Gasteiger charge is -2.18. The molecule has 0 spiro atoms. The predicted molar refractivity (Wildman–Crippen MR) is 50.2 cm³/mol. The minimum atomic E-state index is 0.0482. The number of unbranched alkanes of at least 4 members (excludes halogenated alkanes) is 1. The Balaban J connectivity index is 2.11. The Morgan fingerprint density at radius 1 is 1.25 bits per heavy atom. The molecule has 12 heavy (non-hydrogen) atoms. The van der Waals surface area contributed by atoms with Crippen LogP contribution in [0.2, 0.25) is 6.32 Å². The van der Waals surface area contributed by atoms with Crippen molar-refractivity contribution in [2.45, 2.75) is 26.1 Å². The molecule has 0 aliphatic carbocycles. The summed E-state index contributed by atoms with van der Waals surface area (Å²) in [6, 6.07) is 0. The van der Waals surface area contributed by atoms with E-state index in [1.54, 1.807) is 0 Å². The van der Waals surface area contributed by atoms with Gasteiger partial charge in [-0.25, -0.2) is 0 Å². The maximum Gasteiger partial charge on any atom is 0.456 e. The summed E-state index contributed by atoms with van der Waals surface area (Å²) in [6.07, 6.45) is 3.44. The Morgan fingerprint density at radius 2 is 1.92 bits per heavy atom. The molecule has 0 aromatic rings. The standard InChI is InChI=1S/C8H18BNO2/c1-2-3-4-9-11-7-5-10-6-8-12-9/h10H,2-8H2,1H3. The van der Waals surface area contributed by atoms with E-state index in [0.29, 0.717) is 0 Å². The second-order valence-corrected chi connectivity index (χ2v) is 3.06. The van der Waals surface area contributed by atoms with Gasteiger partial charge in [0.25, 0.3) is 0 Å². The van der Waals surface area contributed by atoms with Crippen LogP contribution in [0, 0.1) is 0 Å². The highest BCUT2D eigenvalue weighted by molar-refractivity contribution is 6.44. The van der Waals surface area contributed by atoms with Gasteiger partial charge in [-0.05, 0) is 6.32 Å². The molecule has 1 N–H and O–H groups in total. The average molecular weight is 171 g/mol. The highest BCUT2D eigenvalue weighted by atomic mass is 16.6. The SMILES string of the molecule is CCCCB1OCCNCCO1. The quantitative estimate of drug-likeness (QED) is 0.640. The first-order valence-corrected chi connectivity index (χ1v) is 4.87. The fraction of sp³-hybridized carbons (Fsp3) is 1.00. The smallest absolute Gasteiger partial charge is 0.410 e. The number of hydrogen-bond donors (Lipinski definition) is 1. The van der Waals surface area contributed by atoms with Crippen LogP contribution in [0.15, 0.2) is 0 Å². The van der Waals surface area contributed by atoms with Crippen molar-refractivity contribution in [1.29, 1.82) is 0 Å². The number of hydrogen-bond acceptors (Lipinski definition) is 3. The molecule has 0 aromatic heterocycles. The normalized spacial score (nSPS) is 20.2. The van der Waals surface area contributed by atoms with Gasteiger partial charge in [0.2, 0.25) is 0 Å². The van der Waals surface area contributed by atoms with E-state index in [0.717, 1.165) is 32.6 Å². The molecule has 0 atom stereocenters. The van der Waals surface area contributed by atoms with E-state index in [2.05, 4.69) is 12.2 Å². The average Bonchev–Trinajstić information content (AvgIpc) is 2.02. The zero-order valence-electron chi connectivity index (χ0n) is 7.84. The van der Waals surface area contributed by atoms with Crippen molar-refractivity contribution in [3.8, 4) is 0 Å². The Kier molecular flexibility index (Phi) is 5.40. The van der Waals surface area contributed by atoms with Crippen molar-refractivity contribution in [3.63, 3.8) is 0 Å². The summed E-state index contributed by atoms with van der Waals surface area (Å²) in [6.45, 7) is 5.63. The van der Waals surface area contributed by atoms with Gasteiger partial charge in [-0.3, -0.25) is 0 Å². The highest BCUT2D eigenvalue weighted by Gasteiger charge is 2.17. The molecule has 1 fully saturated rings. The van der Waals surface area contributed by atoms with Crippen molar-refractivity contribution >= 4 is 7.12 Å². The monoisotopic (exact) mass is 171 g/mol. The lowest BCUT2D eigenvalue weighted by Crippen LogP contribution is -2.35. The summed E-state index contributed by atoms with van der Waals surface area (Å²) in [5.41, 5.74) is 0. The largest absolute Gasteiger partial charge is 0.456 e. The van der Waals surface area contributed by atoms with E-state index in [-0.39, 0.29) is 7.12 Å². The van der Waals surface area contributed by atoms with Gasteiger partial charge in [0.1, 0.15) is 0 Å². The summed E-state index contributed by atoms with van der Waals surface area (Å²) in [5, 5.41) is 3.21. The van der Waals surface area contributed by atoms with E-state index in [1.165, 1.54) is 12.8 Å². The molecule has 0 bridgehead atoms. The topological polar surface area (TPSA) is 30.5 Å². The van der Waals surface area contributed by atoms with Gasteiger partial charge >= 0.3 is 7.12 Å². The van der Waals surface area contributed by atoms with Crippen LogP contribution in [0.5, 0.6) is 0 Å². The van der Waals surface area contributed by atoms with Crippen molar-refractivity contribution in [2.24, 2.45) is 0 Å². The molecule has 70 valence electrons. The van der Waals surface area contributed by atoms with Crippen LogP contribution in [-0.4, -0.2) is 33.4 Å². The van der Waals surface area contributed by atoms with Gasteiger partial charge in [0, 0.05) is 26.3 Å². The molecule has 1 aliphatic heterocycles. The van der Waals surface area contributed by atoms with Gasteiger partial charge in [-0.15, -0.1) is 0 Å². The van der Waals surface area contributed by atoms with Gasteiger partial charge < -0.3 is 14.6 Å². The molecular formula is C8H18BNO2. The molecule has 0 amide bonds. The summed E-state index contributed by atoms with van der Waals surface area (Å²) >= 11 is 0. The second kappa shape index (κ2) is 6.46. The zero-order valence-corrected chi connectivity index (χ0v) is 7.84. The fourth-order valence-electron chi connectivity index (χ4n) is 1.24. The fourth-order valence-corrected chi connectivity index (χ4v) is 1.24. The van der Waals surface area contributed by atoms with E-state index in [1.807, 2.05) is 0 Å². The van der Waals surface area contributed by atoms with Crippen molar-refractivity contribution in [3.05, 3.63) is 0 Å². The maximum absolute atomic E-state index is 5.50. The molecule has 1 heterocycles. The van der Waals surface area contributed by atoms with E-state index >= 15 is 0 Å². The van der Waals surface area contributed by atoms with E-state index < -0.39 is 0 Å². The summed E-state index contributed by atoms with van der Waals surface area (Å²) in [7, 11) is 0.0482. The first kappa shape index (κ1) is 10.0. The van der Waals surface area contributed by atoms with E-state index in [4.69, 9.17) is 9.31 Å². The van der Waals surface area contributed by atoms with Gasteiger partial charge in [-0.1, -0.05) is 19.8 Å².